The normalized spacial score (nSPS) is 11.6. The summed E-state index contributed by atoms with van der Waals surface area (Å²) >= 11 is 0. The highest BCUT2D eigenvalue weighted by molar-refractivity contribution is 5.98. The summed E-state index contributed by atoms with van der Waals surface area (Å²) in [4.78, 5) is 24.7. The number of allylic oxidation sites excluding steroid dienone is 1. The van der Waals surface area contributed by atoms with Crippen molar-refractivity contribution in [2.45, 2.75) is 6.92 Å². The molecule has 0 aliphatic heterocycles. The fourth-order valence-corrected chi connectivity index (χ4v) is 1.44. The molecule has 1 amide bonds. The number of hydrogen-bond acceptors (Lipinski definition) is 6. The van der Waals surface area contributed by atoms with Crippen LogP contribution in [0.1, 0.15) is 23.1 Å². The summed E-state index contributed by atoms with van der Waals surface area (Å²) in [5.74, 6) is -1.69. The Bertz CT molecular complexity index is 735. The van der Waals surface area contributed by atoms with Gasteiger partial charge in [0.2, 0.25) is 0 Å². The van der Waals surface area contributed by atoms with Gasteiger partial charge in [0.15, 0.2) is 0 Å². The summed E-state index contributed by atoms with van der Waals surface area (Å²) in [7, 11) is 0. The molecule has 0 radical (unpaired) electrons. The summed E-state index contributed by atoms with van der Waals surface area (Å²) in [5.41, 5.74) is 3.75. The van der Waals surface area contributed by atoms with E-state index in [0.29, 0.717) is 5.71 Å². The molecule has 0 unspecified atom stereocenters. The van der Waals surface area contributed by atoms with Crippen molar-refractivity contribution in [3.8, 4) is 0 Å². The van der Waals surface area contributed by atoms with Gasteiger partial charge in [-0.1, -0.05) is 41.5 Å². The Labute approximate surface area is 124 Å². The molecule has 2 aromatic rings. The minimum atomic E-state index is -0.777. The van der Waals surface area contributed by atoms with Crippen molar-refractivity contribution in [1.82, 2.24) is 20.6 Å². The van der Waals surface area contributed by atoms with Gasteiger partial charge in [-0.05, 0) is 28.5 Å². The predicted molar refractivity (Wildman–Crippen MR) is 79.1 cm³/mol. The van der Waals surface area contributed by atoms with E-state index in [0.717, 1.165) is 5.56 Å². The average Bonchev–Trinajstić information content (AvgIpc) is 3.02. The standard InChI is InChI=1S/C13H12N6O3/c1-9(7-8-10-5-3-2-4-6-10)15-17-12(20)11-14-13(18-16-11)19(21)22/h2-8H,1H3,(H,17,20)(H,14,16,18)/b8-7+,15-9-. The van der Waals surface area contributed by atoms with Crippen molar-refractivity contribution >= 4 is 23.6 Å². The average molecular weight is 300 g/mol. The third-order valence-corrected chi connectivity index (χ3v) is 2.50. The Balaban J connectivity index is 1.96. The molecule has 1 heterocycles. The van der Waals surface area contributed by atoms with Crippen LogP contribution in [0.5, 0.6) is 0 Å². The number of amides is 1. The molecule has 0 aliphatic rings. The molecule has 9 heteroatoms. The Kier molecular flexibility index (Phi) is 4.70. The molecule has 22 heavy (non-hydrogen) atoms. The van der Waals surface area contributed by atoms with Crippen LogP contribution < -0.4 is 5.43 Å². The zero-order valence-electron chi connectivity index (χ0n) is 11.6. The number of H-pyrrole nitrogens is 1. The van der Waals surface area contributed by atoms with Crippen molar-refractivity contribution < 1.29 is 9.72 Å². The molecule has 0 aliphatic carbocycles. The molecule has 9 nitrogen and oxygen atoms in total. The van der Waals surface area contributed by atoms with Crippen LogP contribution >= 0.6 is 0 Å². The van der Waals surface area contributed by atoms with Gasteiger partial charge in [0.1, 0.15) is 0 Å². The SMILES string of the molecule is CC(/C=C/c1ccccc1)=N/NC(=O)c1n[nH]c([N+](=O)[O-])n1. The lowest BCUT2D eigenvalue weighted by Crippen LogP contribution is -2.20. The van der Waals surface area contributed by atoms with Gasteiger partial charge in [-0.15, -0.1) is 5.10 Å². The van der Waals surface area contributed by atoms with Gasteiger partial charge in [0.25, 0.3) is 0 Å². The second kappa shape index (κ2) is 6.88. The highest BCUT2D eigenvalue weighted by Gasteiger charge is 2.20. The van der Waals surface area contributed by atoms with E-state index in [9.17, 15) is 14.9 Å². The Morgan fingerprint density at radius 2 is 2.14 bits per heavy atom. The number of aromatic nitrogens is 3. The first-order valence-electron chi connectivity index (χ1n) is 6.21. The second-order valence-corrected chi connectivity index (χ2v) is 4.18. The van der Waals surface area contributed by atoms with E-state index in [1.54, 1.807) is 13.0 Å². The number of nitrogens with one attached hydrogen (secondary N) is 2. The van der Waals surface area contributed by atoms with Crippen LogP contribution in [0.25, 0.3) is 6.08 Å². The fraction of sp³-hybridized carbons (Fsp3) is 0.0769. The zero-order valence-corrected chi connectivity index (χ0v) is 11.6. The maximum atomic E-state index is 11.6. The van der Waals surface area contributed by atoms with Gasteiger partial charge >= 0.3 is 17.7 Å². The number of rotatable bonds is 5. The van der Waals surface area contributed by atoms with Crippen LogP contribution in [0.15, 0.2) is 41.5 Å². The Morgan fingerprint density at radius 3 is 2.77 bits per heavy atom. The molecule has 0 fully saturated rings. The molecule has 0 saturated carbocycles. The van der Waals surface area contributed by atoms with Gasteiger partial charge in [-0.25, -0.2) is 5.43 Å². The maximum absolute atomic E-state index is 11.6. The summed E-state index contributed by atoms with van der Waals surface area (Å²) < 4.78 is 0. The van der Waals surface area contributed by atoms with Gasteiger partial charge in [-0.2, -0.15) is 5.10 Å². The number of hydrazone groups is 1. The van der Waals surface area contributed by atoms with Crippen molar-refractivity contribution in [2.75, 3.05) is 0 Å². The quantitative estimate of drug-likeness (QED) is 0.492. The Morgan fingerprint density at radius 1 is 1.41 bits per heavy atom. The number of nitrogens with zero attached hydrogens (tertiary/aromatic N) is 4. The van der Waals surface area contributed by atoms with E-state index in [4.69, 9.17) is 0 Å². The fourth-order valence-electron chi connectivity index (χ4n) is 1.44. The highest BCUT2D eigenvalue weighted by Crippen LogP contribution is 2.02. The minimum Gasteiger partial charge on any atom is -0.390 e. The van der Waals surface area contributed by atoms with Gasteiger partial charge in [0.05, 0.1) is 5.71 Å². The van der Waals surface area contributed by atoms with Crippen molar-refractivity contribution in [3.63, 3.8) is 0 Å². The lowest BCUT2D eigenvalue weighted by Gasteiger charge is -1.95. The summed E-state index contributed by atoms with van der Waals surface area (Å²) in [5, 5.41) is 19.7. The summed E-state index contributed by atoms with van der Waals surface area (Å²) in [6.45, 7) is 1.69. The first-order valence-corrected chi connectivity index (χ1v) is 6.21. The molecular formula is C13H12N6O3. The lowest BCUT2D eigenvalue weighted by molar-refractivity contribution is -0.394. The molecule has 1 aromatic heterocycles. The van der Waals surface area contributed by atoms with Crippen LogP contribution in [-0.4, -0.2) is 31.7 Å². The van der Waals surface area contributed by atoms with E-state index in [2.05, 4.69) is 20.6 Å². The van der Waals surface area contributed by atoms with E-state index in [1.807, 2.05) is 41.5 Å². The van der Waals surface area contributed by atoms with E-state index in [-0.39, 0.29) is 5.82 Å². The Hall–Kier alpha value is -3.36. The van der Waals surface area contributed by atoms with E-state index >= 15 is 0 Å². The number of carbonyl (C=O) groups is 1. The number of hydrogen-bond donors (Lipinski definition) is 2. The number of benzene rings is 1. The molecule has 0 spiro atoms. The molecule has 0 atom stereocenters. The van der Waals surface area contributed by atoms with Crippen LogP contribution in [0.3, 0.4) is 0 Å². The zero-order chi connectivity index (χ0) is 15.9. The smallest absolute Gasteiger partial charge is 0.390 e. The van der Waals surface area contributed by atoms with Crippen LogP contribution in [0.2, 0.25) is 0 Å². The largest absolute Gasteiger partial charge is 0.454 e. The van der Waals surface area contributed by atoms with Crippen molar-refractivity contribution in [3.05, 3.63) is 57.9 Å². The molecule has 2 rings (SSSR count). The van der Waals surface area contributed by atoms with E-state index < -0.39 is 16.8 Å². The topological polar surface area (TPSA) is 126 Å². The third kappa shape index (κ3) is 4.07. The number of nitro groups is 1. The molecule has 2 N–H and O–H groups in total. The lowest BCUT2D eigenvalue weighted by atomic mass is 10.2. The van der Waals surface area contributed by atoms with Crippen molar-refractivity contribution in [2.24, 2.45) is 5.10 Å². The predicted octanol–water partition coefficient (Wildman–Crippen LogP) is 1.53. The second-order valence-electron chi connectivity index (χ2n) is 4.18. The first-order chi connectivity index (χ1) is 10.6. The van der Waals surface area contributed by atoms with Crippen LogP contribution in [0, 0.1) is 10.1 Å². The number of carbonyl (C=O) groups excluding carboxylic acids is 1. The molecule has 1 aromatic carbocycles. The molecule has 0 bridgehead atoms. The summed E-state index contributed by atoms with van der Waals surface area (Å²) in [6.07, 6.45) is 3.55. The first kappa shape index (κ1) is 15.0. The highest BCUT2D eigenvalue weighted by atomic mass is 16.6. The third-order valence-electron chi connectivity index (χ3n) is 2.50. The monoisotopic (exact) mass is 300 g/mol. The van der Waals surface area contributed by atoms with Gasteiger partial charge in [-0.3, -0.25) is 4.79 Å². The van der Waals surface area contributed by atoms with Gasteiger partial charge in [0, 0.05) is 0 Å². The van der Waals surface area contributed by atoms with Crippen molar-refractivity contribution in [1.29, 1.82) is 0 Å². The molecule has 112 valence electrons. The summed E-state index contributed by atoms with van der Waals surface area (Å²) in [6, 6.07) is 9.58. The van der Waals surface area contributed by atoms with E-state index in [1.165, 1.54) is 0 Å². The number of aromatic amines is 1. The molecule has 0 saturated heterocycles. The van der Waals surface area contributed by atoms with Crippen LogP contribution in [0.4, 0.5) is 5.95 Å². The maximum Gasteiger partial charge on any atom is 0.454 e. The molecular weight excluding hydrogens is 288 g/mol. The minimum absolute atomic E-state index is 0.352. The van der Waals surface area contributed by atoms with Gasteiger partial charge < -0.3 is 10.1 Å². The van der Waals surface area contributed by atoms with Crippen LogP contribution in [-0.2, 0) is 0 Å².